The van der Waals surface area contributed by atoms with E-state index in [0.717, 1.165) is 45.9 Å². The fourth-order valence-corrected chi connectivity index (χ4v) is 5.94. The largest absolute Gasteiger partial charge is 0.494 e. The summed E-state index contributed by atoms with van der Waals surface area (Å²) in [5, 5.41) is 14.6. The summed E-state index contributed by atoms with van der Waals surface area (Å²) in [6.07, 6.45) is 9.75. The lowest BCUT2D eigenvalue weighted by Crippen LogP contribution is -2.51. The van der Waals surface area contributed by atoms with Crippen molar-refractivity contribution in [1.82, 2.24) is 20.6 Å². The average molecular weight is 671 g/mol. The van der Waals surface area contributed by atoms with Gasteiger partial charge in [-0.25, -0.2) is 9.97 Å². The van der Waals surface area contributed by atoms with Crippen molar-refractivity contribution in [1.29, 1.82) is 0 Å². The van der Waals surface area contributed by atoms with Gasteiger partial charge in [-0.15, -0.1) is 11.3 Å². The Kier molecular flexibility index (Phi) is 12.9. The second-order valence-corrected chi connectivity index (χ2v) is 14.1. The third-order valence-corrected chi connectivity index (χ3v) is 9.44. The molecule has 2 aromatic carbocycles. The Morgan fingerprint density at radius 2 is 1.48 bits per heavy atom. The summed E-state index contributed by atoms with van der Waals surface area (Å²) in [5.74, 6) is -0.715. The van der Waals surface area contributed by atoms with E-state index >= 15 is 0 Å². The Labute approximate surface area is 287 Å². The van der Waals surface area contributed by atoms with Crippen molar-refractivity contribution >= 4 is 29.1 Å². The first-order chi connectivity index (χ1) is 22.9. The molecule has 0 aliphatic heterocycles. The lowest BCUT2D eigenvalue weighted by molar-refractivity contribution is -0.141. The number of carboxylic acid groups (broad SMARTS) is 1. The van der Waals surface area contributed by atoms with Crippen LogP contribution in [0.2, 0.25) is 0 Å². The maximum absolute atomic E-state index is 13.2. The predicted molar refractivity (Wildman–Crippen MR) is 190 cm³/mol. The number of thiophene rings is 1. The van der Waals surface area contributed by atoms with Crippen molar-refractivity contribution in [2.24, 2.45) is 0 Å². The molecule has 0 bridgehead atoms. The number of aliphatic carboxylic acids is 1. The van der Waals surface area contributed by atoms with Gasteiger partial charge in [0.2, 0.25) is 5.91 Å². The number of ether oxygens (including phenoxy) is 1. The van der Waals surface area contributed by atoms with Crippen LogP contribution in [0, 0.1) is 0 Å². The van der Waals surface area contributed by atoms with E-state index in [-0.39, 0.29) is 17.7 Å². The Morgan fingerprint density at radius 1 is 0.833 bits per heavy atom. The first kappa shape index (κ1) is 36.3. The van der Waals surface area contributed by atoms with Crippen LogP contribution in [-0.4, -0.2) is 51.5 Å². The van der Waals surface area contributed by atoms with Gasteiger partial charge in [0.15, 0.2) is 5.82 Å². The zero-order chi connectivity index (χ0) is 34.7. The third kappa shape index (κ3) is 10.5. The molecular formula is C38H46N4O5S. The van der Waals surface area contributed by atoms with E-state index in [1.54, 1.807) is 18.5 Å². The summed E-state index contributed by atoms with van der Waals surface area (Å²) >= 11 is 1.37. The topological polar surface area (TPSA) is 131 Å². The summed E-state index contributed by atoms with van der Waals surface area (Å²) in [6.45, 7) is 10.5. The molecule has 0 aliphatic carbocycles. The number of nitrogens with zero attached hydrogens (tertiary/aromatic N) is 2. The molecule has 2 amide bonds. The summed E-state index contributed by atoms with van der Waals surface area (Å²) in [6, 6.07) is 17.0. The molecule has 2 atom stereocenters. The number of hydrogen-bond acceptors (Lipinski definition) is 7. The predicted octanol–water partition coefficient (Wildman–Crippen LogP) is 7.45. The van der Waals surface area contributed by atoms with Crippen molar-refractivity contribution in [3.63, 3.8) is 0 Å². The molecule has 0 unspecified atom stereocenters. The maximum Gasteiger partial charge on any atom is 0.325 e. The van der Waals surface area contributed by atoms with Crippen molar-refractivity contribution in [3.8, 4) is 28.3 Å². The lowest BCUT2D eigenvalue weighted by Gasteiger charge is -2.20. The molecule has 3 N–H and O–H groups in total. The minimum atomic E-state index is -1.16. The van der Waals surface area contributed by atoms with Crippen LogP contribution in [0.4, 0.5) is 0 Å². The van der Waals surface area contributed by atoms with Gasteiger partial charge in [0.25, 0.3) is 5.91 Å². The zero-order valence-corrected chi connectivity index (χ0v) is 29.2. The summed E-state index contributed by atoms with van der Waals surface area (Å²) in [5.41, 5.74) is 3.35. The van der Waals surface area contributed by atoms with Gasteiger partial charge in [-0.2, -0.15) is 0 Å². The number of rotatable bonds is 16. The standard InChI is InChI=1S/C38H46N4O5S/c1-6-7-8-9-10-21-47-30-17-15-27(16-18-30)29-23-39-34(40-24-29)28-13-11-26(12-14-28)22-31(35(43)41-25(2)37(45)46)42-36(44)32-19-20-33(48-32)38(3,4)5/h11-20,23-25,31H,6-10,21-22H2,1-5H3,(H,41,43)(H,42,44)(H,45,46)/t25-,31+/m0/s1. The van der Waals surface area contributed by atoms with Gasteiger partial charge >= 0.3 is 5.97 Å². The molecule has 0 spiro atoms. The first-order valence-electron chi connectivity index (χ1n) is 16.5. The van der Waals surface area contributed by atoms with Crippen molar-refractivity contribution in [2.45, 2.75) is 90.6 Å². The fraction of sp³-hybridized carbons (Fsp3) is 0.395. The van der Waals surface area contributed by atoms with Gasteiger partial charge in [0.05, 0.1) is 11.5 Å². The fourth-order valence-electron chi connectivity index (χ4n) is 4.97. The monoisotopic (exact) mass is 670 g/mol. The van der Waals surface area contributed by atoms with E-state index in [2.05, 4.69) is 48.3 Å². The highest BCUT2D eigenvalue weighted by atomic mass is 32.1. The van der Waals surface area contributed by atoms with E-state index in [1.165, 1.54) is 43.9 Å². The number of nitrogens with one attached hydrogen (secondary N) is 2. The average Bonchev–Trinajstić information content (AvgIpc) is 3.59. The van der Waals surface area contributed by atoms with Crippen LogP contribution in [0.5, 0.6) is 5.75 Å². The summed E-state index contributed by atoms with van der Waals surface area (Å²) in [4.78, 5) is 48.4. The number of hydrogen-bond donors (Lipinski definition) is 3. The molecule has 0 radical (unpaired) electrons. The smallest absolute Gasteiger partial charge is 0.325 e. The Balaban J connectivity index is 1.40. The van der Waals surface area contributed by atoms with Crippen molar-refractivity contribution in [2.75, 3.05) is 6.61 Å². The van der Waals surface area contributed by atoms with Gasteiger partial charge in [-0.3, -0.25) is 14.4 Å². The van der Waals surface area contributed by atoms with Gasteiger partial charge < -0.3 is 20.5 Å². The van der Waals surface area contributed by atoms with Crippen LogP contribution >= 0.6 is 11.3 Å². The molecule has 0 aliphatic rings. The molecule has 9 nitrogen and oxygen atoms in total. The van der Waals surface area contributed by atoms with Crippen LogP contribution < -0.4 is 15.4 Å². The van der Waals surface area contributed by atoms with Crippen LogP contribution in [0.25, 0.3) is 22.5 Å². The number of unbranched alkanes of at least 4 members (excludes halogenated alkanes) is 4. The Morgan fingerprint density at radius 3 is 2.08 bits per heavy atom. The molecule has 0 saturated carbocycles. The number of amides is 2. The molecule has 0 saturated heterocycles. The van der Waals surface area contributed by atoms with Crippen molar-refractivity contribution < 1.29 is 24.2 Å². The van der Waals surface area contributed by atoms with Gasteiger partial charge in [0.1, 0.15) is 17.8 Å². The molecule has 4 aromatic rings. The van der Waals surface area contributed by atoms with E-state index < -0.39 is 24.0 Å². The molecule has 0 fully saturated rings. The van der Waals surface area contributed by atoms with E-state index in [9.17, 15) is 19.5 Å². The number of carbonyl (C=O) groups excluding carboxylic acids is 2. The molecule has 2 aromatic heterocycles. The minimum Gasteiger partial charge on any atom is -0.494 e. The molecule has 2 heterocycles. The van der Waals surface area contributed by atoms with Crippen LogP contribution in [0.15, 0.2) is 73.1 Å². The van der Waals surface area contributed by atoms with E-state index in [1.807, 2.05) is 54.6 Å². The van der Waals surface area contributed by atoms with Gasteiger partial charge in [-0.1, -0.05) is 89.8 Å². The van der Waals surface area contributed by atoms with Crippen molar-refractivity contribution in [3.05, 3.63) is 88.4 Å². The Hall–Kier alpha value is -4.57. The van der Waals surface area contributed by atoms with Crippen LogP contribution in [-0.2, 0) is 21.4 Å². The minimum absolute atomic E-state index is 0.115. The highest BCUT2D eigenvalue weighted by molar-refractivity contribution is 7.14. The number of carbonyl (C=O) groups is 3. The molecular weight excluding hydrogens is 625 g/mol. The van der Waals surface area contributed by atoms with Gasteiger partial charge in [-0.05, 0) is 54.2 Å². The summed E-state index contributed by atoms with van der Waals surface area (Å²) in [7, 11) is 0. The van der Waals surface area contributed by atoms with E-state index in [4.69, 9.17) is 4.74 Å². The van der Waals surface area contributed by atoms with E-state index in [0.29, 0.717) is 10.7 Å². The SMILES string of the molecule is CCCCCCCOc1ccc(-c2cnc(-c3ccc(C[C@@H](NC(=O)c4ccc(C(C)(C)C)s4)C(=O)N[C@@H](C)C(=O)O)cc3)nc2)cc1. The quantitative estimate of drug-likeness (QED) is 0.106. The number of carboxylic acids is 1. The molecule has 254 valence electrons. The molecule has 48 heavy (non-hydrogen) atoms. The van der Waals surface area contributed by atoms with Gasteiger partial charge in [0, 0.05) is 34.8 Å². The second-order valence-electron chi connectivity index (χ2n) is 13.0. The molecule has 10 heteroatoms. The maximum atomic E-state index is 13.2. The van der Waals surface area contributed by atoms with Crippen LogP contribution in [0.1, 0.15) is 86.8 Å². The lowest BCUT2D eigenvalue weighted by atomic mass is 9.95. The van der Waals surface area contributed by atoms with Crippen LogP contribution in [0.3, 0.4) is 0 Å². The second kappa shape index (κ2) is 17.0. The summed E-state index contributed by atoms with van der Waals surface area (Å²) < 4.78 is 5.88. The normalized spacial score (nSPS) is 12.6. The number of aromatic nitrogens is 2. The number of benzene rings is 2. The first-order valence-corrected chi connectivity index (χ1v) is 17.3. The Bertz CT molecular complexity index is 1640. The highest BCUT2D eigenvalue weighted by Gasteiger charge is 2.26. The zero-order valence-electron chi connectivity index (χ0n) is 28.4. The highest BCUT2D eigenvalue weighted by Crippen LogP contribution is 2.29. The molecule has 4 rings (SSSR count). The third-order valence-electron chi connectivity index (χ3n) is 7.93.